The van der Waals surface area contributed by atoms with Crippen LogP contribution < -0.4 is 11.3 Å². The lowest BCUT2D eigenvalue weighted by atomic mass is 10.0. The monoisotopic (exact) mass is 278 g/mol. The minimum atomic E-state index is 0.0217. The average Bonchev–Trinajstić information content (AvgIpc) is 2.48. The van der Waals surface area contributed by atoms with Crippen LogP contribution in [0, 0.1) is 0 Å². The summed E-state index contributed by atoms with van der Waals surface area (Å²) in [5.74, 6) is 0. The van der Waals surface area contributed by atoms with Crippen molar-refractivity contribution in [2.24, 2.45) is 0 Å². The fourth-order valence-corrected chi connectivity index (χ4v) is 2.85. The summed E-state index contributed by atoms with van der Waals surface area (Å²) < 4.78 is 1.70. The van der Waals surface area contributed by atoms with Crippen LogP contribution in [-0.4, -0.2) is 53.6 Å². The maximum atomic E-state index is 11.7. The summed E-state index contributed by atoms with van der Waals surface area (Å²) in [6, 6.07) is 3.83. The topological polar surface area (TPSA) is 54.5 Å². The zero-order valence-electron chi connectivity index (χ0n) is 12.6. The van der Waals surface area contributed by atoms with Crippen LogP contribution in [0.2, 0.25) is 0 Å². The van der Waals surface area contributed by atoms with Gasteiger partial charge in [-0.25, -0.2) is 0 Å². The first-order valence-corrected chi connectivity index (χ1v) is 7.48. The molecule has 1 saturated heterocycles. The van der Waals surface area contributed by atoms with Gasteiger partial charge < -0.3 is 20.1 Å². The van der Waals surface area contributed by atoms with Crippen molar-refractivity contribution in [3.8, 4) is 0 Å². The molecule has 112 valence electrons. The van der Waals surface area contributed by atoms with Crippen molar-refractivity contribution in [3.63, 3.8) is 0 Å². The first-order valence-electron chi connectivity index (χ1n) is 7.48. The fraction of sp³-hybridized carbons (Fsp3) is 0.667. The first-order chi connectivity index (χ1) is 9.60. The van der Waals surface area contributed by atoms with Gasteiger partial charge >= 0.3 is 0 Å². The van der Waals surface area contributed by atoms with E-state index in [9.17, 15) is 4.79 Å². The van der Waals surface area contributed by atoms with Crippen LogP contribution >= 0.6 is 0 Å². The molecule has 1 aliphatic rings. The Morgan fingerprint density at radius 1 is 1.35 bits per heavy atom. The van der Waals surface area contributed by atoms with Gasteiger partial charge in [-0.3, -0.25) is 4.79 Å². The lowest BCUT2D eigenvalue weighted by Crippen LogP contribution is -2.44. The van der Waals surface area contributed by atoms with Gasteiger partial charge in [-0.2, -0.15) is 0 Å². The molecule has 0 saturated carbocycles. The highest BCUT2D eigenvalue weighted by Crippen LogP contribution is 2.14. The Morgan fingerprint density at radius 2 is 2.05 bits per heavy atom. The minimum absolute atomic E-state index is 0.0217. The molecule has 1 aromatic rings. The number of nitrogen functional groups attached to an aromatic ring is 1. The van der Waals surface area contributed by atoms with Crippen molar-refractivity contribution in [1.82, 2.24) is 14.4 Å². The van der Waals surface area contributed by atoms with Crippen LogP contribution in [0.3, 0.4) is 0 Å². The summed E-state index contributed by atoms with van der Waals surface area (Å²) in [6.07, 6.45) is 4.17. The summed E-state index contributed by atoms with van der Waals surface area (Å²) in [5, 5.41) is 0. The Hall–Kier alpha value is -1.33. The van der Waals surface area contributed by atoms with E-state index in [0.717, 1.165) is 13.1 Å². The molecule has 0 aromatic carbocycles. The van der Waals surface area contributed by atoms with E-state index in [1.807, 2.05) is 0 Å². The highest BCUT2D eigenvalue weighted by molar-refractivity contribution is 5.33. The van der Waals surface area contributed by atoms with E-state index in [2.05, 4.69) is 23.8 Å². The Bertz CT molecular complexity index is 477. The van der Waals surface area contributed by atoms with E-state index in [1.165, 1.54) is 32.0 Å². The lowest BCUT2D eigenvalue weighted by Gasteiger charge is -2.36. The number of hydrogen-bond donors (Lipinski definition) is 1. The molecule has 1 aliphatic heterocycles. The molecule has 5 heteroatoms. The van der Waals surface area contributed by atoms with Crippen LogP contribution in [0.25, 0.3) is 0 Å². The van der Waals surface area contributed by atoms with Crippen molar-refractivity contribution < 1.29 is 0 Å². The minimum Gasteiger partial charge on any atom is -0.398 e. The third-order valence-electron chi connectivity index (χ3n) is 4.33. The van der Waals surface area contributed by atoms with Crippen molar-refractivity contribution in [1.29, 1.82) is 0 Å². The summed E-state index contributed by atoms with van der Waals surface area (Å²) >= 11 is 0. The smallest absolute Gasteiger partial charge is 0.250 e. The van der Waals surface area contributed by atoms with Gasteiger partial charge in [0.05, 0.1) is 0 Å². The number of likely N-dealkylation sites (N-methyl/N-ethyl adjacent to an activating group) is 1. The number of aromatic nitrogens is 1. The number of hydrogen-bond acceptors (Lipinski definition) is 4. The molecule has 0 bridgehead atoms. The molecule has 20 heavy (non-hydrogen) atoms. The second-order valence-corrected chi connectivity index (χ2v) is 5.64. The second kappa shape index (κ2) is 6.90. The quantitative estimate of drug-likeness (QED) is 0.867. The van der Waals surface area contributed by atoms with E-state index in [0.29, 0.717) is 18.3 Å². The number of rotatable bonds is 5. The zero-order valence-corrected chi connectivity index (χ0v) is 12.6. The van der Waals surface area contributed by atoms with E-state index >= 15 is 0 Å². The number of pyridine rings is 1. The predicted octanol–water partition coefficient (Wildman–Crippen LogP) is 0.847. The number of piperidine rings is 1. The lowest BCUT2D eigenvalue weighted by molar-refractivity contribution is 0.128. The zero-order chi connectivity index (χ0) is 14.5. The van der Waals surface area contributed by atoms with Gasteiger partial charge in [-0.15, -0.1) is 0 Å². The van der Waals surface area contributed by atoms with Gasteiger partial charge in [0.25, 0.3) is 5.56 Å². The largest absolute Gasteiger partial charge is 0.398 e. The Labute approximate surface area is 121 Å². The Balaban J connectivity index is 1.84. The molecular formula is C15H26N4O. The van der Waals surface area contributed by atoms with Gasteiger partial charge in [0.2, 0.25) is 0 Å². The molecule has 0 spiro atoms. The molecule has 0 amide bonds. The first kappa shape index (κ1) is 15.1. The summed E-state index contributed by atoms with van der Waals surface area (Å²) in [5.41, 5.74) is 6.39. The average molecular weight is 278 g/mol. The van der Waals surface area contributed by atoms with Crippen molar-refractivity contribution in [3.05, 3.63) is 28.7 Å². The standard InChI is InChI=1S/C15H26N4O/c1-3-18-8-6-14(7-9-18)17(2)10-11-19-12-13(16)4-5-15(19)20/h4-5,12,14H,3,6-11,16H2,1-2H3. The van der Waals surface area contributed by atoms with Gasteiger partial charge in [-0.1, -0.05) is 6.92 Å². The highest BCUT2D eigenvalue weighted by Gasteiger charge is 2.21. The fourth-order valence-electron chi connectivity index (χ4n) is 2.85. The van der Waals surface area contributed by atoms with Gasteiger partial charge in [-0.05, 0) is 45.6 Å². The number of likely N-dealkylation sites (tertiary alicyclic amines) is 1. The molecule has 2 rings (SSSR count). The molecule has 0 radical (unpaired) electrons. The maximum absolute atomic E-state index is 11.7. The molecule has 2 heterocycles. The van der Waals surface area contributed by atoms with E-state index in [4.69, 9.17) is 5.73 Å². The normalized spacial score (nSPS) is 17.8. The Morgan fingerprint density at radius 3 is 2.70 bits per heavy atom. The van der Waals surface area contributed by atoms with Gasteiger partial charge in [0, 0.05) is 37.1 Å². The molecular weight excluding hydrogens is 252 g/mol. The summed E-state index contributed by atoms with van der Waals surface area (Å²) in [4.78, 5) is 16.6. The van der Waals surface area contributed by atoms with Crippen molar-refractivity contribution in [2.45, 2.75) is 32.4 Å². The number of nitrogens with zero attached hydrogens (tertiary/aromatic N) is 3. The molecule has 0 atom stereocenters. The van der Waals surface area contributed by atoms with E-state index < -0.39 is 0 Å². The third-order valence-corrected chi connectivity index (χ3v) is 4.33. The predicted molar refractivity (Wildman–Crippen MR) is 82.9 cm³/mol. The van der Waals surface area contributed by atoms with Gasteiger partial charge in [0.15, 0.2) is 0 Å². The number of anilines is 1. The summed E-state index contributed by atoms with van der Waals surface area (Å²) in [7, 11) is 2.16. The molecule has 5 nitrogen and oxygen atoms in total. The molecule has 0 unspecified atom stereocenters. The van der Waals surface area contributed by atoms with Crippen LogP contribution in [0.15, 0.2) is 23.1 Å². The molecule has 1 aromatic heterocycles. The molecule has 0 aliphatic carbocycles. The number of nitrogens with two attached hydrogens (primary N) is 1. The van der Waals surface area contributed by atoms with E-state index in [1.54, 1.807) is 16.8 Å². The third kappa shape index (κ3) is 3.84. The second-order valence-electron chi connectivity index (χ2n) is 5.64. The van der Waals surface area contributed by atoms with Crippen LogP contribution in [0.4, 0.5) is 5.69 Å². The van der Waals surface area contributed by atoms with Crippen molar-refractivity contribution >= 4 is 5.69 Å². The SMILES string of the molecule is CCN1CCC(N(C)CCn2cc(N)ccc2=O)CC1. The summed E-state index contributed by atoms with van der Waals surface area (Å²) in [6.45, 7) is 7.33. The van der Waals surface area contributed by atoms with Gasteiger partial charge in [0.1, 0.15) is 0 Å². The Kier molecular flexibility index (Phi) is 5.20. The van der Waals surface area contributed by atoms with Crippen LogP contribution in [0.1, 0.15) is 19.8 Å². The van der Waals surface area contributed by atoms with Crippen LogP contribution in [0.5, 0.6) is 0 Å². The molecule has 1 fully saturated rings. The van der Waals surface area contributed by atoms with Crippen molar-refractivity contribution in [2.75, 3.05) is 39.0 Å². The highest BCUT2D eigenvalue weighted by atomic mass is 16.1. The molecule has 2 N–H and O–H groups in total. The van der Waals surface area contributed by atoms with E-state index in [-0.39, 0.29) is 5.56 Å². The maximum Gasteiger partial charge on any atom is 0.250 e. The van der Waals surface area contributed by atoms with Crippen LogP contribution in [-0.2, 0) is 6.54 Å².